The van der Waals surface area contributed by atoms with E-state index in [2.05, 4.69) is 17.0 Å². The molecule has 0 spiro atoms. The minimum Gasteiger partial charge on any atom is -0.497 e. The Morgan fingerprint density at radius 2 is 1.70 bits per heavy atom. The molecule has 9 heteroatoms. The number of rotatable bonds is 9. The molecule has 8 nitrogen and oxygen atoms in total. The zero-order chi connectivity index (χ0) is 22.3. The number of amides is 1. The number of carbonyl (C=O) groups is 2. The SMILES string of the molecule is COc1ccc(S(=O)(=O)NC(C(=O)OCC(=O)NC2CCC(C)CC2)C(C)C)cc1. The average Bonchev–Trinajstić information content (AvgIpc) is 2.72. The maximum Gasteiger partial charge on any atom is 0.324 e. The van der Waals surface area contributed by atoms with Crippen molar-refractivity contribution in [1.82, 2.24) is 10.0 Å². The van der Waals surface area contributed by atoms with Gasteiger partial charge in [-0.25, -0.2) is 8.42 Å². The van der Waals surface area contributed by atoms with Crippen molar-refractivity contribution in [2.24, 2.45) is 11.8 Å². The van der Waals surface area contributed by atoms with Gasteiger partial charge in [0, 0.05) is 6.04 Å². The van der Waals surface area contributed by atoms with E-state index < -0.39 is 28.6 Å². The Bertz CT molecular complexity index is 814. The molecule has 1 saturated carbocycles. The van der Waals surface area contributed by atoms with E-state index in [0.29, 0.717) is 11.7 Å². The number of hydrogen-bond donors (Lipinski definition) is 2. The first-order valence-corrected chi connectivity index (χ1v) is 11.7. The molecule has 2 N–H and O–H groups in total. The van der Waals surface area contributed by atoms with E-state index in [4.69, 9.17) is 9.47 Å². The molecule has 1 aromatic carbocycles. The molecule has 0 saturated heterocycles. The van der Waals surface area contributed by atoms with Crippen molar-refractivity contribution in [2.75, 3.05) is 13.7 Å². The Morgan fingerprint density at radius 3 is 2.23 bits per heavy atom. The summed E-state index contributed by atoms with van der Waals surface area (Å²) in [7, 11) is -2.46. The van der Waals surface area contributed by atoms with Crippen molar-refractivity contribution in [2.45, 2.75) is 63.4 Å². The van der Waals surface area contributed by atoms with Crippen LogP contribution < -0.4 is 14.8 Å². The molecule has 1 aliphatic rings. The van der Waals surface area contributed by atoms with Crippen LogP contribution in [-0.2, 0) is 24.3 Å². The minimum absolute atomic E-state index is 0.00557. The molecule has 168 valence electrons. The lowest BCUT2D eigenvalue weighted by Crippen LogP contribution is -2.46. The van der Waals surface area contributed by atoms with Crippen molar-refractivity contribution >= 4 is 21.9 Å². The number of methoxy groups -OCH3 is 1. The minimum atomic E-state index is -3.95. The summed E-state index contributed by atoms with van der Waals surface area (Å²) in [4.78, 5) is 24.6. The average molecular weight is 441 g/mol. The summed E-state index contributed by atoms with van der Waals surface area (Å²) < 4.78 is 37.8. The molecular formula is C21H32N2O6S. The molecule has 1 atom stereocenters. The van der Waals surface area contributed by atoms with Gasteiger partial charge in [-0.15, -0.1) is 0 Å². The second-order valence-electron chi connectivity index (χ2n) is 8.15. The molecule has 1 aliphatic carbocycles. The van der Waals surface area contributed by atoms with Crippen LogP contribution in [0.2, 0.25) is 0 Å². The van der Waals surface area contributed by atoms with Gasteiger partial charge in [-0.2, -0.15) is 4.72 Å². The van der Waals surface area contributed by atoms with Gasteiger partial charge < -0.3 is 14.8 Å². The van der Waals surface area contributed by atoms with Crippen molar-refractivity contribution in [3.63, 3.8) is 0 Å². The first-order chi connectivity index (χ1) is 14.1. The quantitative estimate of drug-likeness (QED) is 0.570. The summed E-state index contributed by atoms with van der Waals surface area (Å²) in [5.74, 6) is -0.333. The van der Waals surface area contributed by atoms with Crippen molar-refractivity contribution in [1.29, 1.82) is 0 Å². The van der Waals surface area contributed by atoms with Gasteiger partial charge in [0.05, 0.1) is 12.0 Å². The van der Waals surface area contributed by atoms with E-state index in [1.807, 2.05) is 0 Å². The number of hydrogen-bond acceptors (Lipinski definition) is 6. The number of ether oxygens (including phenoxy) is 2. The normalized spacial score (nSPS) is 20.4. The van der Waals surface area contributed by atoms with E-state index in [-0.39, 0.29) is 22.8 Å². The lowest BCUT2D eigenvalue weighted by Gasteiger charge is -2.27. The van der Waals surface area contributed by atoms with Crippen molar-refractivity contribution in [3.8, 4) is 5.75 Å². The van der Waals surface area contributed by atoms with Crippen LogP contribution in [0.1, 0.15) is 46.5 Å². The Hall–Kier alpha value is -2.13. The third-order valence-corrected chi connectivity index (χ3v) is 6.76. The molecule has 1 unspecified atom stereocenters. The van der Waals surface area contributed by atoms with Gasteiger partial charge in [0.2, 0.25) is 10.0 Å². The lowest BCUT2D eigenvalue weighted by molar-refractivity contribution is -0.151. The van der Waals surface area contributed by atoms with Gasteiger partial charge in [-0.1, -0.05) is 20.8 Å². The number of sulfonamides is 1. The highest BCUT2D eigenvalue weighted by Gasteiger charge is 2.30. The van der Waals surface area contributed by atoms with Crippen LogP contribution in [0, 0.1) is 11.8 Å². The fourth-order valence-corrected chi connectivity index (χ4v) is 4.68. The molecule has 0 aliphatic heterocycles. The zero-order valence-electron chi connectivity index (χ0n) is 18.0. The molecule has 30 heavy (non-hydrogen) atoms. The topological polar surface area (TPSA) is 111 Å². The van der Waals surface area contributed by atoms with Crippen LogP contribution in [0.5, 0.6) is 5.75 Å². The van der Waals surface area contributed by atoms with Gasteiger partial charge in [0.1, 0.15) is 11.8 Å². The van der Waals surface area contributed by atoms with Crippen LogP contribution in [0.15, 0.2) is 29.2 Å². The fraction of sp³-hybridized carbons (Fsp3) is 0.619. The summed E-state index contributed by atoms with van der Waals surface area (Å²) >= 11 is 0. The number of carbonyl (C=O) groups excluding carboxylic acids is 2. The number of benzene rings is 1. The van der Waals surface area contributed by atoms with Gasteiger partial charge in [-0.3, -0.25) is 9.59 Å². The molecule has 1 amide bonds. The summed E-state index contributed by atoms with van der Waals surface area (Å²) in [5.41, 5.74) is 0. The number of nitrogens with one attached hydrogen (secondary N) is 2. The summed E-state index contributed by atoms with van der Waals surface area (Å²) in [6.45, 7) is 5.16. The van der Waals surface area contributed by atoms with Crippen LogP contribution in [0.3, 0.4) is 0 Å². The zero-order valence-corrected chi connectivity index (χ0v) is 18.8. The standard InChI is InChI=1S/C21H32N2O6S/c1-14(2)20(23-30(26,27)18-11-9-17(28-4)10-12-18)21(25)29-13-19(24)22-16-7-5-15(3)6-8-16/h9-12,14-16,20,23H,5-8,13H2,1-4H3,(H,22,24). The third kappa shape index (κ3) is 6.98. The van der Waals surface area contributed by atoms with E-state index >= 15 is 0 Å². The van der Waals surface area contributed by atoms with Crippen molar-refractivity contribution in [3.05, 3.63) is 24.3 Å². The van der Waals surface area contributed by atoms with Crippen LogP contribution in [0.25, 0.3) is 0 Å². The van der Waals surface area contributed by atoms with E-state index in [9.17, 15) is 18.0 Å². The lowest BCUT2D eigenvalue weighted by atomic mass is 9.87. The van der Waals surface area contributed by atoms with E-state index in [1.165, 1.54) is 31.4 Å². The molecule has 1 fully saturated rings. The van der Waals surface area contributed by atoms with Crippen LogP contribution in [-0.4, -0.2) is 46.1 Å². The predicted molar refractivity (Wildman–Crippen MR) is 112 cm³/mol. The second-order valence-corrected chi connectivity index (χ2v) is 9.86. The van der Waals surface area contributed by atoms with Crippen molar-refractivity contribution < 1.29 is 27.5 Å². The fourth-order valence-electron chi connectivity index (χ4n) is 3.35. The Kier molecular flexibility index (Phi) is 8.66. The Labute approximate surface area is 178 Å². The summed E-state index contributed by atoms with van der Waals surface area (Å²) in [5, 5.41) is 2.88. The van der Waals surface area contributed by atoms with E-state index in [0.717, 1.165) is 25.7 Å². The largest absolute Gasteiger partial charge is 0.497 e. The van der Waals surface area contributed by atoms with Gasteiger partial charge >= 0.3 is 5.97 Å². The third-order valence-electron chi connectivity index (χ3n) is 5.30. The second kappa shape index (κ2) is 10.8. The van der Waals surface area contributed by atoms with E-state index in [1.54, 1.807) is 13.8 Å². The molecular weight excluding hydrogens is 408 g/mol. The predicted octanol–water partition coefficient (Wildman–Crippen LogP) is 2.24. The number of esters is 1. The maximum absolute atomic E-state index is 12.6. The molecule has 2 rings (SSSR count). The monoisotopic (exact) mass is 440 g/mol. The molecule has 1 aromatic rings. The molecule has 0 radical (unpaired) electrons. The highest BCUT2D eigenvalue weighted by molar-refractivity contribution is 7.89. The molecule has 0 aromatic heterocycles. The summed E-state index contributed by atoms with van der Waals surface area (Å²) in [6.07, 6.45) is 3.95. The van der Waals surface area contributed by atoms with Gasteiger partial charge in [-0.05, 0) is 61.8 Å². The first kappa shape index (κ1) is 24.1. The van der Waals surface area contributed by atoms with Crippen LogP contribution >= 0.6 is 0 Å². The molecule has 0 bridgehead atoms. The highest BCUT2D eigenvalue weighted by atomic mass is 32.2. The highest BCUT2D eigenvalue weighted by Crippen LogP contribution is 2.23. The maximum atomic E-state index is 12.6. The summed E-state index contributed by atoms with van der Waals surface area (Å²) in [6, 6.07) is 4.81. The first-order valence-electron chi connectivity index (χ1n) is 10.2. The van der Waals surface area contributed by atoms with Gasteiger partial charge in [0.25, 0.3) is 5.91 Å². The van der Waals surface area contributed by atoms with Gasteiger partial charge in [0.15, 0.2) is 6.61 Å². The Balaban J connectivity index is 1.92. The smallest absolute Gasteiger partial charge is 0.324 e. The Morgan fingerprint density at radius 1 is 1.10 bits per heavy atom. The van der Waals surface area contributed by atoms with Crippen LogP contribution in [0.4, 0.5) is 0 Å². The molecule has 0 heterocycles.